The second-order valence-electron chi connectivity index (χ2n) is 5.20. The summed E-state index contributed by atoms with van der Waals surface area (Å²) >= 11 is 0. The first-order chi connectivity index (χ1) is 8.31. The van der Waals surface area contributed by atoms with Crippen LogP contribution in [0.1, 0.15) is 51.3 Å². The average Bonchev–Trinajstić information content (AvgIpc) is 2.37. The Morgan fingerprint density at radius 2 is 2.35 bits per heavy atom. The molecule has 0 bridgehead atoms. The number of rotatable bonds is 4. The molecule has 1 aliphatic carbocycles. The van der Waals surface area contributed by atoms with Gasteiger partial charge in [0.2, 0.25) is 0 Å². The van der Waals surface area contributed by atoms with Crippen LogP contribution in [-0.4, -0.2) is 16.5 Å². The minimum atomic E-state index is 0.408. The minimum absolute atomic E-state index is 0.408. The molecular formula is C14H23N3. The zero-order valence-corrected chi connectivity index (χ0v) is 10.9. The maximum absolute atomic E-state index is 4.42. The van der Waals surface area contributed by atoms with Gasteiger partial charge in [0.25, 0.3) is 0 Å². The van der Waals surface area contributed by atoms with E-state index in [0.29, 0.717) is 6.04 Å². The van der Waals surface area contributed by atoms with Crippen molar-refractivity contribution < 1.29 is 0 Å². The third-order valence-corrected chi connectivity index (χ3v) is 3.80. The van der Waals surface area contributed by atoms with E-state index in [2.05, 4.69) is 29.1 Å². The van der Waals surface area contributed by atoms with Gasteiger partial charge < -0.3 is 5.32 Å². The van der Waals surface area contributed by atoms with Crippen LogP contribution in [-0.2, 0) is 0 Å². The fraction of sp³-hybridized carbons (Fsp3) is 0.714. The number of nitrogens with one attached hydrogen (secondary N) is 1. The van der Waals surface area contributed by atoms with Crippen LogP contribution in [0.4, 0.5) is 0 Å². The lowest BCUT2D eigenvalue weighted by Gasteiger charge is -2.33. The van der Waals surface area contributed by atoms with Crippen LogP contribution in [0.5, 0.6) is 0 Å². The summed E-state index contributed by atoms with van der Waals surface area (Å²) in [6.07, 6.45) is 8.90. The van der Waals surface area contributed by atoms with Gasteiger partial charge in [-0.1, -0.05) is 26.7 Å². The van der Waals surface area contributed by atoms with Gasteiger partial charge in [-0.2, -0.15) is 0 Å². The molecule has 1 fully saturated rings. The van der Waals surface area contributed by atoms with Gasteiger partial charge in [0, 0.05) is 6.20 Å². The quantitative estimate of drug-likeness (QED) is 0.869. The summed E-state index contributed by atoms with van der Waals surface area (Å²) < 4.78 is 0. The van der Waals surface area contributed by atoms with Gasteiger partial charge in [-0.05, 0) is 37.3 Å². The van der Waals surface area contributed by atoms with Crippen LogP contribution in [0.3, 0.4) is 0 Å². The Hall–Kier alpha value is -0.960. The first-order valence-electron chi connectivity index (χ1n) is 6.80. The van der Waals surface area contributed by atoms with E-state index in [1.54, 1.807) is 6.33 Å². The fourth-order valence-corrected chi connectivity index (χ4v) is 3.00. The molecule has 0 radical (unpaired) electrons. The van der Waals surface area contributed by atoms with Crippen molar-refractivity contribution >= 4 is 0 Å². The average molecular weight is 233 g/mol. The smallest absolute Gasteiger partial charge is 0.115 e. The molecule has 3 heteroatoms. The molecule has 0 spiro atoms. The lowest BCUT2D eigenvalue weighted by atomic mass is 9.77. The summed E-state index contributed by atoms with van der Waals surface area (Å²) in [4.78, 5) is 8.43. The lowest BCUT2D eigenvalue weighted by molar-refractivity contribution is 0.222. The predicted molar refractivity (Wildman–Crippen MR) is 69.6 cm³/mol. The van der Waals surface area contributed by atoms with Crippen molar-refractivity contribution in [3.63, 3.8) is 0 Å². The third kappa shape index (κ3) is 3.25. The standard InChI is InChI=1S/C14H23N3/c1-3-16-14(13-7-8-15-10-17-13)12-6-4-5-11(2)9-12/h7-8,10-12,14,16H,3-6,9H2,1-2H3. The molecule has 94 valence electrons. The molecule has 3 unspecified atom stereocenters. The highest BCUT2D eigenvalue weighted by atomic mass is 15.0. The van der Waals surface area contributed by atoms with Crippen molar-refractivity contribution in [1.29, 1.82) is 0 Å². The summed E-state index contributed by atoms with van der Waals surface area (Å²) in [6, 6.07) is 2.46. The van der Waals surface area contributed by atoms with E-state index >= 15 is 0 Å². The van der Waals surface area contributed by atoms with Gasteiger partial charge >= 0.3 is 0 Å². The SMILES string of the molecule is CCNC(c1ccncn1)C1CCCC(C)C1. The monoisotopic (exact) mass is 233 g/mol. The molecule has 0 aliphatic heterocycles. The van der Waals surface area contributed by atoms with Crippen LogP contribution in [0.2, 0.25) is 0 Å². The molecule has 3 nitrogen and oxygen atoms in total. The van der Waals surface area contributed by atoms with Crippen molar-refractivity contribution in [2.75, 3.05) is 6.54 Å². The molecule has 1 aromatic rings. The molecule has 17 heavy (non-hydrogen) atoms. The van der Waals surface area contributed by atoms with Gasteiger partial charge in [0.15, 0.2) is 0 Å². The summed E-state index contributed by atoms with van der Waals surface area (Å²) in [6.45, 7) is 5.54. The highest BCUT2D eigenvalue weighted by Gasteiger charge is 2.27. The fourth-order valence-electron chi connectivity index (χ4n) is 3.00. The number of hydrogen-bond donors (Lipinski definition) is 1. The van der Waals surface area contributed by atoms with E-state index in [4.69, 9.17) is 0 Å². The Morgan fingerprint density at radius 3 is 3.00 bits per heavy atom. The maximum Gasteiger partial charge on any atom is 0.115 e. The first-order valence-corrected chi connectivity index (χ1v) is 6.80. The van der Waals surface area contributed by atoms with Crippen LogP contribution < -0.4 is 5.32 Å². The highest BCUT2D eigenvalue weighted by molar-refractivity contribution is 5.07. The Balaban J connectivity index is 2.11. The molecular weight excluding hydrogens is 210 g/mol. The van der Waals surface area contributed by atoms with Gasteiger partial charge in [0.05, 0.1) is 11.7 Å². The van der Waals surface area contributed by atoms with Gasteiger partial charge in [-0.15, -0.1) is 0 Å². The largest absolute Gasteiger partial charge is 0.309 e. The summed E-state index contributed by atoms with van der Waals surface area (Å²) in [5.41, 5.74) is 1.15. The van der Waals surface area contributed by atoms with Gasteiger partial charge in [-0.25, -0.2) is 9.97 Å². The Bertz CT molecular complexity index is 325. The number of hydrogen-bond acceptors (Lipinski definition) is 3. The summed E-state index contributed by atoms with van der Waals surface area (Å²) in [7, 11) is 0. The van der Waals surface area contributed by atoms with Crippen molar-refractivity contribution in [2.45, 2.75) is 45.6 Å². The van der Waals surface area contributed by atoms with Crippen LogP contribution in [0, 0.1) is 11.8 Å². The topological polar surface area (TPSA) is 37.8 Å². The van der Waals surface area contributed by atoms with Crippen molar-refractivity contribution in [2.24, 2.45) is 11.8 Å². The molecule has 1 aromatic heterocycles. The molecule has 1 aliphatic rings. The van der Waals surface area contributed by atoms with E-state index in [1.807, 2.05) is 12.3 Å². The minimum Gasteiger partial charge on any atom is -0.309 e. The molecule has 1 heterocycles. The normalized spacial score (nSPS) is 26.7. The van der Waals surface area contributed by atoms with Crippen LogP contribution in [0.15, 0.2) is 18.6 Å². The molecule has 1 saturated carbocycles. The van der Waals surface area contributed by atoms with Crippen LogP contribution in [0.25, 0.3) is 0 Å². The number of nitrogens with zero attached hydrogens (tertiary/aromatic N) is 2. The molecule has 2 rings (SSSR count). The zero-order chi connectivity index (χ0) is 12.1. The molecule has 3 atom stereocenters. The zero-order valence-electron chi connectivity index (χ0n) is 10.9. The molecule has 1 N–H and O–H groups in total. The Labute approximate surface area is 104 Å². The Morgan fingerprint density at radius 1 is 1.47 bits per heavy atom. The van der Waals surface area contributed by atoms with Crippen molar-refractivity contribution in [1.82, 2.24) is 15.3 Å². The first kappa shape index (κ1) is 12.5. The van der Waals surface area contributed by atoms with E-state index in [0.717, 1.165) is 24.1 Å². The molecule has 0 saturated heterocycles. The van der Waals surface area contributed by atoms with E-state index in [-0.39, 0.29) is 0 Å². The molecule has 0 aromatic carbocycles. The molecule has 0 amide bonds. The second kappa shape index (κ2) is 6.10. The van der Waals surface area contributed by atoms with E-state index in [9.17, 15) is 0 Å². The van der Waals surface area contributed by atoms with Gasteiger partial charge in [-0.3, -0.25) is 0 Å². The summed E-state index contributed by atoms with van der Waals surface area (Å²) in [5, 5.41) is 3.60. The number of aromatic nitrogens is 2. The summed E-state index contributed by atoms with van der Waals surface area (Å²) in [5.74, 6) is 1.59. The van der Waals surface area contributed by atoms with E-state index < -0.39 is 0 Å². The Kier molecular flexibility index (Phi) is 4.49. The van der Waals surface area contributed by atoms with Crippen molar-refractivity contribution in [3.05, 3.63) is 24.3 Å². The maximum atomic E-state index is 4.42. The van der Waals surface area contributed by atoms with Crippen molar-refractivity contribution in [3.8, 4) is 0 Å². The predicted octanol–water partition coefficient (Wildman–Crippen LogP) is 2.95. The van der Waals surface area contributed by atoms with Crippen LogP contribution >= 0.6 is 0 Å². The van der Waals surface area contributed by atoms with Gasteiger partial charge in [0.1, 0.15) is 6.33 Å². The van der Waals surface area contributed by atoms with E-state index in [1.165, 1.54) is 25.7 Å². The lowest BCUT2D eigenvalue weighted by Crippen LogP contribution is -2.31. The second-order valence-corrected chi connectivity index (χ2v) is 5.20. The highest BCUT2D eigenvalue weighted by Crippen LogP contribution is 2.36. The third-order valence-electron chi connectivity index (χ3n) is 3.80.